The summed E-state index contributed by atoms with van der Waals surface area (Å²) in [6.07, 6.45) is -0.273. The number of rotatable bonds is 4. The first-order valence-corrected chi connectivity index (χ1v) is 5.23. The van der Waals surface area contributed by atoms with Crippen molar-refractivity contribution >= 4 is 11.3 Å². The fourth-order valence-electron chi connectivity index (χ4n) is 1.27. The predicted molar refractivity (Wildman–Crippen MR) is 54.9 cm³/mol. The van der Waals surface area contributed by atoms with E-state index >= 15 is 0 Å². The van der Waals surface area contributed by atoms with Gasteiger partial charge in [0, 0.05) is 18.5 Å². The molecule has 0 fully saturated rings. The van der Waals surface area contributed by atoms with Gasteiger partial charge in [0.15, 0.2) is 0 Å². The maximum atomic E-state index is 9.15. The lowest BCUT2D eigenvalue weighted by atomic mass is 10.3. The topological polar surface area (TPSA) is 36.4 Å². The molecule has 0 spiro atoms. The average molecular weight is 200 g/mol. The van der Waals surface area contributed by atoms with Crippen LogP contribution in [0.1, 0.15) is 17.6 Å². The average Bonchev–Trinajstić information content (AvgIpc) is 2.33. The molecule has 74 valence electrons. The van der Waals surface area contributed by atoms with Crippen molar-refractivity contribution < 1.29 is 5.11 Å². The Hall–Kier alpha value is -0.450. The lowest BCUT2D eigenvalue weighted by Crippen LogP contribution is -2.26. The van der Waals surface area contributed by atoms with Gasteiger partial charge in [0.2, 0.25) is 0 Å². The summed E-state index contributed by atoms with van der Waals surface area (Å²) in [6, 6.07) is 0. The standard InChI is InChI=1S/C9H16N2OS/c1-7(12)4-11(3)5-9-6-13-8(2)10-9/h6-7,12H,4-5H2,1-3H3/t7-/m1/s1. The van der Waals surface area contributed by atoms with Crippen LogP contribution in [0.5, 0.6) is 0 Å². The van der Waals surface area contributed by atoms with Crippen LogP contribution in [0.4, 0.5) is 0 Å². The van der Waals surface area contributed by atoms with Crippen LogP contribution in [0, 0.1) is 6.92 Å². The van der Waals surface area contributed by atoms with Crippen LogP contribution in [-0.2, 0) is 6.54 Å². The highest BCUT2D eigenvalue weighted by atomic mass is 32.1. The van der Waals surface area contributed by atoms with Crippen molar-refractivity contribution in [2.45, 2.75) is 26.5 Å². The van der Waals surface area contributed by atoms with Gasteiger partial charge in [0.25, 0.3) is 0 Å². The number of thiazole rings is 1. The molecule has 0 aliphatic carbocycles. The molecule has 0 aromatic carbocycles. The van der Waals surface area contributed by atoms with Gasteiger partial charge in [-0.25, -0.2) is 4.98 Å². The fourth-order valence-corrected chi connectivity index (χ4v) is 1.88. The lowest BCUT2D eigenvalue weighted by molar-refractivity contribution is 0.138. The van der Waals surface area contributed by atoms with Gasteiger partial charge in [0.05, 0.1) is 16.8 Å². The Morgan fingerprint density at radius 1 is 1.69 bits per heavy atom. The number of hydrogen-bond acceptors (Lipinski definition) is 4. The van der Waals surface area contributed by atoms with Crippen LogP contribution in [0.2, 0.25) is 0 Å². The smallest absolute Gasteiger partial charge is 0.0897 e. The van der Waals surface area contributed by atoms with Crippen molar-refractivity contribution in [2.24, 2.45) is 0 Å². The number of aromatic nitrogens is 1. The molecule has 1 atom stereocenters. The van der Waals surface area contributed by atoms with Crippen LogP contribution in [-0.4, -0.2) is 34.7 Å². The van der Waals surface area contributed by atoms with E-state index in [1.165, 1.54) is 0 Å². The molecule has 1 rings (SSSR count). The minimum Gasteiger partial charge on any atom is -0.392 e. The molecule has 1 aromatic rings. The normalized spacial score (nSPS) is 13.6. The summed E-state index contributed by atoms with van der Waals surface area (Å²) in [5, 5.41) is 12.3. The van der Waals surface area contributed by atoms with Crippen molar-refractivity contribution in [1.29, 1.82) is 0 Å². The molecule has 13 heavy (non-hydrogen) atoms. The number of aliphatic hydroxyl groups is 1. The maximum absolute atomic E-state index is 9.15. The number of nitrogens with zero attached hydrogens (tertiary/aromatic N) is 2. The summed E-state index contributed by atoms with van der Waals surface area (Å²) >= 11 is 1.66. The SMILES string of the molecule is Cc1nc(CN(C)C[C@@H](C)O)cs1. The maximum Gasteiger partial charge on any atom is 0.0897 e. The van der Waals surface area contributed by atoms with Gasteiger partial charge < -0.3 is 5.11 Å². The third-order valence-electron chi connectivity index (χ3n) is 1.67. The number of hydrogen-bond donors (Lipinski definition) is 1. The van der Waals surface area contributed by atoms with Gasteiger partial charge in [-0.05, 0) is 20.9 Å². The summed E-state index contributed by atoms with van der Waals surface area (Å²) in [7, 11) is 1.99. The van der Waals surface area contributed by atoms with Crippen LogP contribution in [0.25, 0.3) is 0 Å². The summed E-state index contributed by atoms with van der Waals surface area (Å²) in [5.74, 6) is 0. The van der Waals surface area contributed by atoms with Gasteiger partial charge in [-0.1, -0.05) is 0 Å². The molecule has 1 N–H and O–H groups in total. The van der Waals surface area contributed by atoms with Crippen molar-refractivity contribution in [1.82, 2.24) is 9.88 Å². The van der Waals surface area contributed by atoms with Crippen LogP contribution in [0.3, 0.4) is 0 Å². The Morgan fingerprint density at radius 3 is 2.85 bits per heavy atom. The van der Waals surface area contributed by atoms with E-state index in [4.69, 9.17) is 5.11 Å². The lowest BCUT2D eigenvalue weighted by Gasteiger charge is -2.16. The number of aliphatic hydroxyl groups excluding tert-OH is 1. The summed E-state index contributed by atoms with van der Waals surface area (Å²) in [5.41, 5.74) is 1.09. The van der Waals surface area contributed by atoms with Crippen LogP contribution in [0.15, 0.2) is 5.38 Å². The van der Waals surface area contributed by atoms with E-state index in [9.17, 15) is 0 Å². The van der Waals surface area contributed by atoms with E-state index in [2.05, 4.69) is 15.3 Å². The molecule has 0 saturated heterocycles. The van der Waals surface area contributed by atoms with Crippen LogP contribution < -0.4 is 0 Å². The minimum absolute atomic E-state index is 0.273. The summed E-state index contributed by atoms with van der Waals surface area (Å²) in [4.78, 5) is 6.42. The zero-order valence-corrected chi connectivity index (χ0v) is 9.14. The highest BCUT2D eigenvalue weighted by Gasteiger charge is 2.05. The molecule has 0 radical (unpaired) electrons. The first kappa shape index (κ1) is 10.6. The van der Waals surface area contributed by atoms with Crippen molar-refractivity contribution in [3.05, 3.63) is 16.1 Å². The Balaban J connectivity index is 2.40. The second-order valence-corrected chi connectivity index (χ2v) is 4.47. The van der Waals surface area contributed by atoms with E-state index in [1.807, 2.05) is 14.0 Å². The monoisotopic (exact) mass is 200 g/mol. The quantitative estimate of drug-likeness (QED) is 0.795. The third kappa shape index (κ3) is 3.85. The molecular weight excluding hydrogens is 184 g/mol. The Bertz CT molecular complexity index is 260. The molecule has 0 bridgehead atoms. The molecule has 3 nitrogen and oxygen atoms in total. The van der Waals surface area contributed by atoms with Gasteiger partial charge in [-0.2, -0.15) is 0 Å². The molecule has 4 heteroatoms. The largest absolute Gasteiger partial charge is 0.392 e. The number of likely N-dealkylation sites (N-methyl/N-ethyl adjacent to an activating group) is 1. The summed E-state index contributed by atoms with van der Waals surface area (Å²) in [6.45, 7) is 5.30. The highest BCUT2D eigenvalue weighted by Crippen LogP contribution is 2.09. The fraction of sp³-hybridized carbons (Fsp3) is 0.667. The Kier molecular flexibility index (Phi) is 3.84. The Labute approximate surface area is 83.0 Å². The molecule has 0 aliphatic rings. The molecular formula is C9H16N2OS. The van der Waals surface area contributed by atoms with Gasteiger partial charge >= 0.3 is 0 Å². The van der Waals surface area contributed by atoms with E-state index < -0.39 is 0 Å². The highest BCUT2D eigenvalue weighted by molar-refractivity contribution is 7.09. The molecule has 0 saturated carbocycles. The summed E-state index contributed by atoms with van der Waals surface area (Å²) < 4.78 is 0. The zero-order chi connectivity index (χ0) is 9.84. The zero-order valence-electron chi connectivity index (χ0n) is 8.32. The van der Waals surface area contributed by atoms with E-state index in [0.717, 1.165) is 17.2 Å². The molecule has 0 aliphatic heterocycles. The predicted octanol–water partition coefficient (Wildman–Crippen LogP) is 1.26. The van der Waals surface area contributed by atoms with Crippen molar-refractivity contribution in [3.63, 3.8) is 0 Å². The first-order valence-electron chi connectivity index (χ1n) is 4.35. The van der Waals surface area contributed by atoms with Gasteiger partial charge in [-0.3, -0.25) is 4.90 Å². The minimum atomic E-state index is -0.273. The third-order valence-corrected chi connectivity index (χ3v) is 2.50. The Morgan fingerprint density at radius 2 is 2.38 bits per heavy atom. The van der Waals surface area contributed by atoms with Crippen molar-refractivity contribution in [2.75, 3.05) is 13.6 Å². The molecule has 1 aromatic heterocycles. The molecule has 0 amide bonds. The second kappa shape index (κ2) is 4.69. The van der Waals surface area contributed by atoms with E-state index in [1.54, 1.807) is 18.3 Å². The first-order chi connectivity index (χ1) is 6.08. The number of aryl methyl sites for hydroxylation is 1. The second-order valence-electron chi connectivity index (χ2n) is 3.40. The van der Waals surface area contributed by atoms with Crippen LogP contribution >= 0.6 is 11.3 Å². The van der Waals surface area contributed by atoms with Crippen molar-refractivity contribution in [3.8, 4) is 0 Å². The molecule has 0 unspecified atom stereocenters. The molecule has 1 heterocycles. The van der Waals surface area contributed by atoms with Gasteiger partial charge in [0.1, 0.15) is 0 Å². The van der Waals surface area contributed by atoms with E-state index in [0.29, 0.717) is 6.54 Å². The van der Waals surface area contributed by atoms with Gasteiger partial charge in [-0.15, -0.1) is 11.3 Å². The van der Waals surface area contributed by atoms with E-state index in [-0.39, 0.29) is 6.10 Å².